The van der Waals surface area contributed by atoms with Crippen LogP contribution < -0.4 is 10.2 Å². The molecule has 0 aliphatic heterocycles. The lowest BCUT2D eigenvalue weighted by Gasteiger charge is -2.00. The molecule has 136 valence electrons. The first-order valence-electron chi connectivity index (χ1n) is 8.71. The van der Waals surface area contributed by atoms with E-state index < -0.39 is 5.91 Å². The van der Waals surface area contributed by atoms with Crippen LogP contribution in [0.5, 0.6) is 0 Å². The Morgan fingerprint density at radius 2 is 1.75 bits per heavy atom. The third-order valence-corrected chi connectivity index (χ3v) is 5.92. The largest absolute Gasteiger partial charge is 0.451 e. The summed E-state index contributed by atoms with van der Waals surface area (Å²) in [6.45, 7) is 0. The first-order chi connectivity index (χ1) is 13.6. The van der Waals surface area contributed by atoms with Gasteiger partial charge in [0.1, 0.15) is 5.58 Å². The second kappa shape index (κ2) is 6.28. The summed E-state index contributed by atoms with van der Waals surface area (Å²) in [5, 5.41) is 2.69. The number of benzene rings is 3. The van der Waals surface area contributed by atoms with Gasteiger partial charge in [0.15, 0.2) is 16.0 Å². The SMILES string of the molecule is Cn1c(=NC(=O)c2cc(=O)c3ccccc3o2)sc2c3ccccc3ccc21. The van der Waals surface area contributed by atoms with Crippen LogP contribution in [0.4, 0.5) is 0 Å². The number of nitrogens with zero attached hydrogens (tertiary/aromatic N) is 2. The van der Waals surface area contributed by atoms with E-state index in [2.05, 4.69) is 23.2 Å². The van der Waals surface area contributed by atoms with Crippen molar-refractivity contribution in [3.8, 4) is 0 Å². The predicted molar refractivity (Wildman–Crippen MR) is 111 cm³/mol. The molecule has 5 aromatic rings. The summed E-state index contributed by atoms with van der Waals surface area (Å²) in [5.41, 5.74) is 1.11. The average molecular weight is 386 g/mol. The van der Waals surface area contributed by atoms with Crippen molar-refractivity contribution in [2.45, 2.75) is 0 Å². The fourth-order valence-corrected chi connectivity index (χ4v) is 4.47. The molecule has 0 saturated heterocycles. The molecule has 0 N–H and O–H groups in total. The van der Waals surface area contributed by atoms with Crippen LogP contribution in [0, 0.1) is 0 Å². The molecule has 0 saturated carbocycles. The number of para-hydroxylation sites is 1. The Hall–Kier alpha value is -3.51. The Morgan fingerprint density at radius 3 is 2.61 bits per heavy atom. The van der Waals surface area contributed by atoms with E-state index in [9.17, 15) is 9.59 Å². The van der Waals surface area contributed by atoms with E-state index in [0.29, 0.717) is 15.8 Å². The normalized spacial score (nSPS) is 12.2. The number of thiazole rings is 1. The van der Waals surface area contributed by atoms with Gasteiger partial charge in [-0.25, -0.2) is 0 Å². The highest BCUT2D eigenvalue weighted by Crippen LogP contribution is 2.27. The van der Waals surface area contributed by atoms with Gasteiger partial charge in [-0.1, -0.05) is 53.8 Å². The van der Waals surface area contributed by atoms with Crippen molar-refractivity contribution in [2.24, 2.45) is 12.0 Å². The van der Waals surface area contributed by atoms with Gasteiger partial charge in [-0.05, 0) is 23.6 Å². The summed E-state index contributed by atoms with van der Waals surface area (Å²) in [6, 6.07) is 20.2. The molecule has 2 aromatic heterocycles. The molecule has 0 unspecified atom stereocenters. The molecule has 0 fully saturated rings. The maximum absolute atomic E-state index is 12.7. The fourth-order valence-electron chi connectivity index (χ4n) is 3.31. The molecule has 6 heteroatoms. The monoisotopic (exact) mass is 386 g/mol. The maximum Gasteiger partial charge on any atom is 0.315 e. The minimum Gasteiger partial charge on any atom is -0.451 e. The first-order valence-corrected chi connectivity index (χ1v) is 9.53. The van der Waals surface area contributed by atoms with E-state index in [0.717, 1.165) is 21.0 Å². The van der Waals surface area contributed by atoms with Gasteiger partial charge in [0.05, 0.1) is 15.6 Å². The molecule has 0 atom stereocenters. The number of aromatic nitrogens is 1. The molecule has 28 heavy (non-hydrogen) atoms. The van der Waals surface area contributed by atoms with Crippen molar-refractivity contribution in [2.75, 3.05) is 0 Å². The number of carbonyl (C=O) groups excluding carboxylic acids is 1. The first kappa shape index (κ1) is 16.6. The molecule has 2 heterocycles. The minimum atomic E-state index is -0.575. The van der Waals surface area contributed by atoms with Gasteiger partial charge >= 0.3 is 5.91 Å². The molecule has 0 aliphatic carbocycles. The van der Waals surface area contributed by atoms with Gasteiger partial charge in [-0.3, -0.25) is 9.59 Å². The van der Waals surface area contributed by atoms with Crippen molar-refractivity contribution >= 4 is 49.2 Å². The molecule has 3 aromatic carbocycles. The number of carbonyl (C=O) groups is 1. The summed E-state index contributed by atoms with van der Waals surface area (Å²) in [7, 11) is 1.87. The fraction of sp³-hybridized carbons (Fsp3) is 0.0455. The van der Waals surface area contributed by atoms with Crippen LogP contribution in [0.15, 0.2) is 80.9 Å². The number of hydrogen-bond donors (Lipinski definition) is 0. The van der Waals surface area contributed by atoms with E-state index in [1.807, 2.05) is 29.8 Å². The lowest BCUT2D eigenvalue weighted by atomic mass is 10.1. The second-order valence-corrected chi connectivity index (χ2v) is 7.44. The molecule has 5 nitrogen and oxygen atoms in total. The van der Waals surface area contributed by atoms with Crippen molar-refractivity contribution in [3.63, 3.8) is 0 Å². The Kier molecular flexibility index (Phi) is 3.74. The maximum atomic E-state index is 12.7. The Bertz CT molecular complexity index is 1520. The van der Waals surface area contributed by atoms with E-state index in [1.165, 1.54) is 17.4 Å². The highest BCUT2D eigenvalue weighted by Gasteiger charge is 2.13. The van der Waals surface area contributed by atoms with Crippen LogP contribution in [0.3, 0.4) is 0 Å². The zero-order valence-electron chi connectivity index (χ0n) is 14.9. The summed E-state index contributed by atoms with van der Waals surface area (Å²) in [5.74, 6) is -0.639. The molecule has 1 amide bonds. The average Bonchev–Trinajstić information content (AvgIpc) is 3.04. The van der Waals surface area contributed by atoms with Crippen LogP contribution in [-0.4, -0.2) is 10.5 Å². The van der Waals surface area contributed by atoms with E-state index in [4.69, 9.17) is 4.42 Å². The third kappa shape index (κ3) is 2.58. The summed E-state index contributed by atoms with van der Waals surface area (Å²) in [6.07, 6.45) is 0. The molecule has 0 aliphatic rings. The lowest BCUT2D eigenvalue weighted by Crippen LogP contribution is -2.14. The molecule has 0 bridgehead atoms. The number of rotatable bonds is 1. The van der Waals surface area contributed by atoms with Crippen LogP contribution in [0.25, 0.3) is 32.0 Å². The molecule has 0 spiro atoms. The highest BCUT2D eigenvalue weighted by atomic mass is 32.1. The Morgan fingerprint density at radius 1 is 1.00 bits per heavy atom. The smallest absolute Gasteiger partial charge is 0.315 e. The molecule has 0 radical (unpaired) electrons. The standard InChI is InChI=1S/C22H14N2O3S/c1-24-16-11-10-13-6-2-3-7-14(13)20(16)28-22(24)23-21(26)19-12-17(25)15-8-4-5-9-18(15)27-19/h2-12H,1H3. The van der Waals surface area contributed by atoms with Crippen LogP contribution in [0.1, 0.15) is 10.6 Å². The number of aryl methyl sites for hydroxylation is 1. The Balaban J connectivity index is 1.69. The van der Waals surface area contributed by atoms with Gasteiger partial charge < -0.3 is 8.98 Å². The van der Waals surface area contributed by atoms with E-state index >= 15 is 0 Å². The zero-order valence-corrected chi connectivity index (χ0v) is 15.7. The zero-order chi connectivity index (χ0) is 19.3. The summed E-state index contributed by atoms with van der Waals surface area (Å²) in [4.78, 5) is 29.7. The summed E-state index contributed by atoms with van der Waals surface area (Å²) < 4.78 is 8.55. The topological polar surface area (TPSA) is 64.6 Å². The lowest BCUT2D eigenvalue weighted by molar-refractivity contribution is 0.0972. The van der Waals surface area contributed by atoms with Gasteiger partial charge in [-0.15, -0.1) is 0 Å². The molecule has 5 rings (SSSR count). The molecular formula is C22H14N2O3S. The third-order valence-electron chi connectivity index (χ3n) is 4.74. The Labute approximate surface area is 162 Å². The van der Waals surface area contributed by atoms with E-state index in [1.54, 1.807) is 24.3 Å². The van der Waals surface area contributed by atoms with Crippen LogP contribution in [0.2, 0.25) is 0 Å². The number of amides is 1. The van der Waals surface area contributed by atoms with Crippen molar-refractivity contribution in [3.05, 3.63) is 87.5 Å². The van der Waals surface area contributed by atoms with Gasteiger partial charge in [0.25, 0.3) is 0 Å². The van der Waals surface area contributed by atoms with Gasteiger partial charge in [0.2, 0.25) is 0 Å². The van der Waals surface area contributed by atoms with Crippen molar-refractivity contribution in [1.29, 1.82) is 0 Å². The predicted octanol–water partition coefficient (Wildman–Crippen LogP) is 4.24. The minimum absolute atomic E-state index is 0.0639. The quantitative estimate of drug-likeness (QED) is 0.433. The number of fused-ring (bicyclic) bond motifs is 4. The van der Waals surface area contributed by atoms with Crippen LogP contribution in [-0.2, 0) is 7.05 Å². The van der Waals surface area contributed by atoms with Crippen molar-refractivity contribution < 1.29 is 9.21 Å². The summed E-state index contributed by atoms with van der Waals surface area (Å²) >= 11 is 1.44. The molecular weight excluding hydrogens is 372 g/mol. The van der Waals surface area contributed by atoms with Crippen LogP contribution >= 0.6 is 11.3 Å². The van der Waals surface area contributed by atoms with Gasteiger partial charge in [0, 0.05) is 18.5 Å². The van der Waals surface area contributed by atoms with Gasteiger partial charge in [-0.2, -0.15) is 4.99 Å². The second-order valence-electron chi connectivity index (χ2n) is 6.47. The highest BCUT2D eigenvalue weighted by molar-refractivity contribution is 7.17. The van der Waals surface area contributed by atoms with Crippen molar-refractivity contribution in [1.82, 2.24) is 4.57 Å². The number of hydrogen-bond acceptors (Lipinski definition) is 4. The van der Waals surface area contributed by atoms with E-state index in [-0.39, 0.29) is 11.2 Å².